The standard InChI is InChI=1S/C11H11N3O2/c1-8-9(10(15)13-11(16)12-8)7-14-5-3-2-4-6-14/h2-6H,7H2,1H3,(H-,12,13,15,16)/p+1. The average Bonchev–Trinajstić information content (AvgIpc) is 2.25. The van der Waals surface area contributed by atoms with Crippen LogP contribution in [0.1, 0.15) is 11.3 Å². The summed E-state index contributed by atoms with van der Waals surface area (Å²) in [5.74, 6) is 0. The summed E-state index contributed by atoms with van der Waals surface area (Å²) in [6, 6.07) is 5.67. The second-order valence-corrected chi connectivity index (χ2v) is 3.56. The Morgan fingerprint density at radius 3 is 2.44 bits per heavy atom. The van der Waals surface area contributed by atoms with Gasteiger partial charge in [0, 0.05) is 17.8 Å². The molecule has 0 saturated carbocycles. The maximum Gasteiger partial charge on any atom is 0.325 e. The number of aromatic nitrogens is 3. The Morgan fingerprint density at radius 2 is 1.81 bits per heavy atom. The summed E-state index contributed by atoms with van der Waals surface area (Å²) in [4.78, 5) is 27.4. The van der Waals surface area contributed by atoms with Crippen LogP contribution in [0.2, 0.25) is 0 Å². The molecule has 0 amide bonds. The number of aryl methyl sites for hydroxylation is 1. The zero-order chi connectivity index (χ0) is 11.5. The highest BCUT2D eigenvalue weighted by Crippen LogP contribution is 1.93. The predicted octanol–water partition coefficient (Wildman–Crippen LogP) is -0.293. The minimum atomic E-state index is -0.468. The normalized spacial score (nSPS) is 10.3. The van der Waals surface area contributed by atoms with Crippen molar-refractivity contribution in [1.82, 2.24) is 9.97 Å². The van der Waals surface area contributed by atoms with Crippen LogP contribution in [0.4, 0.5) is 0 Å². The van der Waals surface area contributed by atoms with Crippen molar-refractivity contribution in [3.63, 3.8) is 0 Å². The molecule has 0 aliphatic rings. The number of aromatic amines is 2. The van der Waals surface area contributed by atoms with Crippen LogP contribution >= 0.6 is 0 Å². The number of hydrogen-bond acceptors (Lipinski definition) is 2. The second-order valence-electron chi connectivity index (χ2n) is 3.56. The lowest BCUT2D eigenvalue weighted by Gasteiger charge is -2.00. The van der Waals surface area contributed by atoms with E-state index < -0.39 is 5.69 Å². The first-order chi connectivity index (χ1) is 7.66. The first kappa shape index (κ1) is 10.4. The molecule has 0 saturated heterocycles. The molecule has 5 heteroatoms. The van der Waals surface area contributed by atoms with E-state index in [0.717, 1.165) is 0 Å². The molecular formula is C11H12N3O2+. The van der Waals surface area contributed by atoms with Crippen LogP contribution in [-0.4, -0.2) is 9.97 Å². The quantitative estimate of drug-likeness (QED) is 0.680. The Kier molecular flexibility index (Phi) is 2.68. The second kappa shape index (κ2) is 4.14. The van der Waals surface area contributed by atoms with Crippen LogP contribution in [0.25, 0.3) is 0 Å². The number of hydrogen-bond donors (Lipinski definition) is 2. The molecule has 0 atom stereocenters. The van der Waals surface area contributed by atoms with Crippen molar-refractivity contribution in [2.75, 3.05) is 0 Å². The molecule has 2 rings (SSSR count). The lowest BCUT2D eigenvalue weighted by molar-refractivity contribution is -0.688. The van der Waals surface area contributed by atoms with Gasteiger partial charge in [0.15, 0.2) is 18.9 Å². The molecule has 82 valence electrons. The summed E-state index contributed by atoms with van der Waals surface area (Å²) >= 11 is 0. The number of rotatable bonds is 2. The Balaban J connectivity index is 2.43. The van der Waals surface area contributed by atoms with Crippen molar-refractivity contribution in [1.29, 1.82) is 0 Å². The third-order valence-corrected chi connectivity index (χ3v) is 2.37. The Hall–Kier alpha value is -2.17. The Morgan fingerprint density at radius 1 is 1.12 bits per heavy atom. The molecule has 0 aliphatic carbocycles. The van der Waals surface area contributed by atoms with Gasteiger partial charge >= 0.3 is 5.69 Å². The third-order valence-electron chi connectivity index (χ3n) is 2.37. The lowest BCUT2D eigenvalue weighted by atomic mass is 10.2. The highest BCUT2D eigenvalue weighted by Gasteiger charge is 2.10. The average molecular weight is 218 g/mol. The highest BCUT2D eigenvalue weighted by molar-refractivity contribution is 5.12. The van der Waals surface area contributed by atoms with Gasteiger partial charge in [-0.2, -0.15) is 0 Å². The highest BCUT2D eigenvalue weighted by atomic mass is 16.2. The fraction of sp³-hybridized carbons (Fsp3) is 0.182. The Labute approximate surface area is 91.4 Å². The van der Waals surface area contributed by atoms with E-state index in [1.807, 2.05) is 35.2 Å². The summed E-state index contributed by atoms with van der Waals surface area (Å²) in [5.41, 5.74) is 0.364. The van der Waals surface area contributed by atoms with Gasteiger partial charge in [-0.05, 0) is 6.92 Å². The number of pyridine rings is 1. The molecule has 0 unspecified atom stereocenters. The Bertz CT molecular complexity index is 599. The van der Waals surface area contributed by atoms with Gasteiger partial charge in [0.1, 0.15) is 5.56 Å². The van der Waals surface area contributed by atoms with E-state index in [9.17, 15) is 9.59 Å². The SMILES string of the molecule is Cc1[nH]c(=O)[nH]c(=O)c1C[n+]1ccccc1. The van der Waals surface area contributed by atoms with E-state index >= 15 is 0 Å². The first-order valence-electron chi connectivity index (χ1n) is 4.93. The van der Waals surface area contributed by atoms with Gasteiger partial charge in [-0.3, -0.25) is 9.78 Å². The van der Waals surface area contributed by atoms with E-state index in [0.29, 0.717) is 17.8 Å². The molecule has 0 aliphatic heterocycles. The summed E-state index contributed by atoms with van der Waals surface area (Å²) in [6.07, 6.45) is 3.73. The summed E-state index contributed by atoms with van der Waals surface area (Å²) in [7, 11) is 0. The van der Waals surface area contributed by atoms with Gasteiger partial charge in [0.2, 0.25) is 0 Å². The van der Waals surface area contributed by atoms with Crippen molar-refractivity contribution in [2.45, 2.75) is 13.5 Å². The van der Waals surface area contributed by atoms with Crippen LogP contribution in [0.5, 0.6) is 0 Å². The predicted molar refractivity (Wildman–Crippen MR) is 58.2 cm³/mol. The number of nitrogens with one attached hydrogen (secondary N) is 2. The summed E-state index contributed by atoms with van der Waals surface area (Å²) < 4.78 is 1.87. The molecule has 0 fully saturated rings. The van der Waals surface area contributed by atoms with Crippen molar-refractivity contribution in [3.05, 3.63) is 62.7 Å². The molecule has 5 nitrogen and oxygen atoms in total. The van der Waals surface area contributed by atoms with E-state index in [2.05, 4.69) is 9.97 Å². The zero-order valence-electron chi connectivity index (χ0n) is 8.86. The molecule has 2 heterocycles. The van der Waals surface area contributed by atoms with E-state index in [4.69, 9.17) is 0 Å². The molecule has 0 spiro atoms. The van der Waals surface area contributed by atoms with Crippen molar-refractivity contribution < 1.29 is 4.57 Å². The monoisotopic (exact) mass is 218 g/mol. The van der Waals surface area contributed by atoms with E-state index in [1.54, 1.807) is 6.92 Å². The van der Waals surface area contributed by atoms with Gasteiger partial charge in [-0.15, -0.1) is 0 Å². The van der Waals surface area contributed by atoms with E-state index in [-0.39, 0.29) is 5.56 Å². The topological polar surface area (TPSA) is 69.6 Å². The smallest absolute Gasteiger partial charge is 0.311 e. The molecule has 2 N–H and O–H groups in total. The summed E-state index contributed by atoms with van der Waals surface area (Å²) in [6.45, 7) is 2.16. The molecule has 2 aromatic heterocycles. The van der Waals surface area contributed by atoms with Crippen LogP contribution in [0.15, 0.2) is 40.2 Å². The first-order valence-corrected chi connectivity index (χ1v) is 4.93. The summed E-state index contributed by atoms with van der Waals surface area (Å²) in [5, 5.41) is 0. The number of nitrogens with zero attached hydrogens (tertiary/aromatic N) is 1. The fourth-order valence-corrected chi connectivity index (χ4v) is 1.54. The maximum absolute atomic E-state index is 11.6. The minimum Gasteiger partial charge on any atom is -0.311 e. The van der Waals surface area contributed by atoms with E-state index in [1.165, 1.54) is 0 Å². The molecule has 16 heavy (non-hydrogen) atoms. The fourth-order valence-electron chi connectivity index (χ4n) is 1.54. The van der Waals surface area contributed by atoms with Crippen molar-refractivity contribution in [3.8, 4) is 0 Å². The lowest BCUT2D eigenvalue weighted by Crippen LogP contribution is -2.38. The molecule has 0 radical (unpaired) electrons. The minimum absolute atomic E-state index is 0.336. The van der Waals surface area contributed by atoms with Gasteiger partial charge in [0.25, 0.3) is 5.56 Å². The van der Waals surface area contributed by atoms with Crippen LogP contribution < -0.4 is 15.8 Å². The van der Waals surface area contributed by atoms with Crippen LogP contribution in [0.3, 0.4) is 0 Å². The third kappa shape index (κ3) is 2.08. The maximum atomic E-state index is 11.6. The zero-order valence-corrected chi connectivity index (χ0v) is 8.86. The molecule has 0 bridgehead atoms. The van der Waals surface area contributed by atoms with Gasteiger partial charge in [0.05, 0.1) is 0 Å². The van der Waals surface area contributed by atoms with Gasteiger partial charge < -0.3 is 4.98 Å². The van der Waals surface area contributed by atoms with Crippen LogP contribution in [-0.2, 0) is 6.54 Å². The molecule has 2 aromatic rings. The molecule has 0 aromatic carbocycles. The van der Waals surface area contributed by atoms with Crippen molar-refractivity contribution >= 4 is 0 Å². The van der Waals surface area contributed by atoms with Gasteiger partial charge in [-0.1, -0.05) is 6.07 Å². The van der Waals surface area contributed by atoms with Gasteiger partial charge in [-0.25, -0.2) is 9.36 Å². The number of H-pyrrole nitrogens is 2. The molecular weight excluding hydrogens is 206 g/mol. The van der Waals surface area contributed by atoms with Crippen molar-refractivity contribution in [2.24, 2.45) is 0 Å². The van der Waals surface area contributed by atoms with Crippen LogP contribution in [0, 0.1) is 6.92 Å². The largest absolute Gasteiger partial charge is 0.325 e.